The number of halogens is 1. The topological polar surface area (TPSA) is 41.6 Å². The first kappa shape index (κ1) is 14.1. The summed E-state index contributed by atoms with van der Waals surface area (Å²) in [5, 5.41) is 3.40. The van der Waals surface area contributed by atoms with E-state index >= 15 is 0 Å². The molecule has 2 atom stereocenters. The van der Waals surface area contributed by atoms with Crippen molar-refractivity contribution in [2.45, 2.75) is 25.7 Å². The van der Waals surface area contributed by atoms with Crippen LogP contribution in [0, 0.1) is 11.3 Å². The Balaban J connectivity index is 0.00000120. The van der Waals surface area contributed by atoms with E-state index in [0.29, 0.717) is 11.8 Å². The summed E-state index contributed by atoms with van der Waals surface area (Å²) >= 11 is 0. The number of likely N-dealkylation sites (tertiary alicyclic amines) is 1. The molecule has 104 valence electrons. The molecule has 3 aliphatic heterocycles. The van der Waals surface area contributed by atoms with Gasteiger partial charge in [0.1, 0.15) is 0 Å². The second-order valence-electron chi connectivity index (χ2n) is 5.66. The number of hydrogen-bond donors (Lipinski definition) is 1. The number of ether oxygens (including phenoxy) is 1. The Morgan fingerprint density at radius 1 is 1.28 bits per heavy atom. The SMILES string of the molecule is Cl.O=C(N1CCCCC1)C12CCOCC1CNC2. The maximum absolute atomic E-state index is 12.8. The molecule has 0 bridgehead atoms. The molecule has 0 aromatic heterocycles. The van der Waals surface area contributed by atoms with Gasteiger partial charge in [0.05, 0.1) is 12.0 Å². The van der Waals surface area contributed by atoms with Crippen LogP contribution in [-0.4, -0.2) is 50.2 Å². The van der Waals surface area contributed by atoms with Crippen LogP contribution in [-0.2, 0) is 9.53 Å². The molecular weight excluding hydrogens is 252 g/mol. The zero-order chi connectivity index (χ0) is 11.7. The Morgan fingerprint density at radius 2 is 2.06 bits per heavy atom. The van der Waals surface area contributed by atoms with Crippen LogP contribution in [0.15, 0.2) is 0 Å². The predicted octanol–water partition coefficient (Wildman–Crippen LogP) is 1.05. The van der Waals surface area contributed by atoms with Gasteiger partial charge < -0.3 is 15.0 Å². The molecule has 2 unspecified atom stereocenters. The highest BCUT2D eigenvalue weighted by atomic mass is 35.5. The number of rotatable bonds is 1. The van der Waals surface area contributed by atoms with E-state index in [1.165, 1.54) is 19.3 Å². The van der Waals surface area contributed by atoms with E-state index in [0.717, 1.165) is 45.8 Å². The number of carbonyl (C=O) groups excluding carboxylic acids is 1. The molecule has 3 heterocycles. The lowest BCUT2D eigenvalue weighted by atomic mass is 9.73. The minimum Gasteiger partial charge on any atom is -0.381 e. The summed E-state index contributed by atoms with van der Waals surface area (Å²) in [5.41, 5.74) is -0.143. The maximum Gasteiger partial charge on any atom is 0.230 e. The highest BCUT2D eigenvalue weighted by molar-refractivity contribution is 5.85. The summed E-state index contributed by atoms with van der Waals surface area (Å²) in [6, 6.07) is 0. The van der Waals surface area contributed by atoms with Gasteiger partial charge in [-0.1, -0.05) is 0 Å². The second-order valence-corrected chi connectivity index (χ2v) is 5.66. The Bertz CT molecular complexity index is 307. The van der Waals surface area contributed by atoms with E-state index < -0.39 is 0 Å². The number of carbonyl (C=O) groups is 1. The molecular formula is C13H23ClN2O2. The molecule has 3 rings (SSSR count). The first-order valence-electron chi connectivity index (χ1n) is 6.91. The van der Waals surface area contributed by atoms with Gasteiger partial charge in [-0.15, -0.1) is 12.4 Å². The Labute approximate surface area is 115 Å². The molecule has 0 aromatic rings. The zero-order valence-electron chi connectivity index (χ0n) is 10.8. The first-order chi connectivity index (χ1) is 8.33. The number of hydrogen-bond acceptors (Lipinski definition) is 3. The number of fused-ring (bicyclic) bond motifs is 1. The Kier molecular flexibility index (Phi) is 4.51. The van der Waals surface area contributed by atoms with E-state index in [4.69, 9.17) is 4.74 Å². The van der Waals surface area contributed by atoms with Crippen LogP contribution in [0.4, 0.5) is 0 Å². The lowest BCUT2D eigenvalue weighted by Gasteiger charge is -2.41. The lowest BCUT2D eigenvalue weighted by Crippen LogP contribution is -2.53. The van der Waals surface area contributed by atoms with Crippen LogP contribution in [0.3, 0.4) is 0 Å². The summed E-state index contributed by atoms with van der Waals surface area (Å²) in [4.78, 5) is 14.9. The fourth-order valence-electron chi connectivity index (χ4n) is 3.57. The first-order valence-corrected chi connectivity index (χ1v) is 6.91. The smallest absolute Gasteiger partial charge is 0.230 e. The fraction of sp³-hybridized carbons (Fsp3) is 0.923. The van der Waals surface area contributed by atoms with Gasteiger partial charge in [0.25, 0.3) is 0 Å². The Hall–Kier alpha value is -0.320. The van der Waals surface area contributed by atoms with Gasteiger partial charge in [-0.05, 0) is 25.7 Å². The largest absolute Gasteiger partial charge is 0.381 e. The molecule has 4 nitrogen and oxygen atoms in total. The standard InChI is InChI=1S/C13H22N2O2.ClH/c16-12(15-5-2-1-3-6-15)13-4-7-17-9-11(13)8-14-10-13;/h11,14H,1-10H2;1H. The van der Waals surface area contributed by atoms with Crippen LogP contribution in [0.1, 0.15) is 25.7 Å². The molecule has 0 radical (unpaired) electrons. The van der Waals surface area contributed by atoms with Crippen molar-refractivity contribution in [3.63, 3.8) is 0 Å². The summed E-state index contributed by atoms with van der Waals surface area (Å²) < 4.78 is 5.54. The summed E-state index contributed by atoms with van der Waals surface area (Å²) in [5.74, 6) is 0.793. The molecule has 0 aromatic carbocycles. The molecule has 3 aliphatic rings. The third kappa shape index (κ3) is 2.26. The third-order valence-corrected chi connectivity index (χ3v) is 4.69. The van der Waals surface area contributed by atoms with E-state index in [1.807, 2.05) is 0 Å². The average Bonchev–Trinajstić information content (AvgIpc) is 2.84. The van der Waals surface area contributed by atoms with Crippen LogP contribution >= 0.6 is 12.4 Å². The van der Waals surface area contributed by atoms with Crippen molar-refractivity contribution in [3.05, 3.63) is 0 Å². The van der Waals surface area contributed by atoms with Gasteiger partial charge in [-0.25, -0.2) is 0 Å². The molecule has 18 heavy (non-hydrogen) atoms. The number of nitrogens with one attached hydrogen (secondary N) is 1. The van der Waals surface area contributed by atoms with E-state index in [9.17, 15) is 4.79 Å². The predicted molar refractivity (Wildman–Crippen MR) is 71.9 cm³/mol. The average molecular weight is 275 g/mol. The van der Waals surface area contributed by atoms with Crippen molar-refractivity contribution in [3.8, 4) is 0 Å². The van der Waals surface area contributed by atoms with Crippen LogP contribution in [0.2, 0.25) is 0 Å². The fourth-order valence-corrected chi connectivity index (χ4v) is 3.57. The van der Waals surface area contributed by atoms with E-state index in [1.54, 1.807) is 0 Å². The van der Waals surface area contributed by atoms with Crippen molar-refractivity contribution < 1.29 is 9.53 Å². The molecule has 0 saturated carbocycles. The quantitative estimate of drug-likeness (QED) is 0.777. The van der Waals surface area contributed by atoms with Gasteiger partial charge in [0, 0.05) is 38.7 Å². The molecule has 0 aliphatic carbocycles. The normalized spacial score (nSPS) is 35.8. The number of amides is 1. The van der Waals surface area contributed by atoms with Gasteiger partial charge in [0.15, 0.2) is 0 Å². The van der Waals surface area contributed by atoms with Crippen LogP contribution < -0.4 is 5.32 Å². The monoisotopic (exact) mass is 274 g/mol. The van der Waals surface area contributed by atoms with Crippen molar-refractivity contribution in [1.29, 1.82) is 0 Å². The number of piperidine rings is 1. The molecule has 3 saturated heterocycles. The summed E-state index contributed by atoms with van der Waals surface area (Å²) in [6.45, 7) is 5.24. The van der Waals surface area contributed by atoms with Gasteiger partial charge >= 0.3 is 0 Å². The van der Waals surface area contributed by atoms with Gasteiger partial charge in [0.2, 0.25) is 5.91 Å². The lowest BCUT2D eigenvalue weighted by molar-refractivity contribution is -0.151. The molecule has 1 amide bonds. The van der Waals surface area contributed by atoms with Crippen LogP contribution in [0.5, 0.6) is 0 Å². The van der Waals surface area contributed by atoms with Crippen molar-refractivity contribution in [1.82, 2.24) is 10.2 Å². The Morgan fingerprint density at radius 3 is 2.83 bits per heavy atom. The molecule has 3 fully saturated rings. The highest BCUT2D eigenvalue weighted by Crippen LogP contribution is 2.40. The number of nitrogens with zero attached hydrogens (tertiary/aromatic N) is 1. The second kappa shape index (κ2) is 5.76. The molecule has 0 spiro atoms. The molecule has 1 N–H and O–H groups in total. The van der Waals surface area contributed by atoms with E-state index in [2.05, 4.69) is 10.2 Å². The van der Waals surface area contributed by atoms with Crippen molar-refractivity contribution >= 4 is 18.3 Å². The van der Waals surface area contributed by atoms with Gasteiger partial charge in [-0.2, -0.15) is 0 Å². The highest BCUT2D eigenvalue weighted by Gasteiger charge is 2.52. The maximum atomic E-state index is 12.8. The minimum atomic E-state index is -0.143. The molecule has 5 heteroatoms. The van der Waals surface area contributed by atoms with Crippen LogP contribution in [0.25, 0.3) is 0 Å². The minimum absolute atomic E-state index is 0. The van der Waals surface area contributed by atoms with Gasteiger partial charge in [-0.3, -0.25) is 4.79 Å². The van der Waals surface area contributed by atoms with E-state index in [-0.39, 0.29) is 17.8 Å². The summed E-state index contributed by atoms with van der Waals surface area (Å²) in [6.07, 6.45) is 4.54. The van der Waals surface area contributed by atoms with Crippen molar-refractivity contribution in [2.75, 3.05) is 39.4 Å². The third-order valence-electron chi connectivity index (χ3n) is 4.69. The summed E-state index contributed by atoms with van der Waals surface area (Å²) in [7, 11) is 0. The van der Waals surface area contributed by atoms with Crippen molar-refractivity contribution in [2.24, 2.45) is 11.3 Å². The zero-order valence-corrected chi connectivity index (χ0v) is 11.6.